The van der Waals surface area contributed by atoms with E-state index in [-0.39, 0.29) is 11.0 Å². The van der Waals surface area contributed by atoms with Crippen LogP contribution in [0.2, 0.25) is 0 Å². The van der Waals surface area contributed by atoms with Crippen molar-refractivity contribution < 1.29 is 0 Å². The zero-order chi connectivity index (χ0) is 16.7. The summed E-state index contributed by atoms with van der Waals surface area (Å²) in [6.45, 7) is 2.24. The summed E-state index contributed by atoms with van der Waals surface area (Å²) in [4.78, 5) is 19.1. The predicted octanol–water partition coefficient (Wildman–Crippen LogP) is 4.88. The van der Waals surface area contributed by atoms with Crippen molar-refractivity contribution in [1.82, 2.24) is 9.97 Å². The predicted molar refractivity (Wildman–Crippen MR) is 99.9 cm³/mol. The van der Waals surface area contributed by atoms with Crippen molar-refractivity contribution in [1.29, 1.82) is 0 Å². The largest absolute Gasteiger partial charge is 0.331 e. The van der Waals surface area contributed by atoms with Gasteiger partial charge < -0.3 is 4.98 Å². The highest BCUT2D eigenvalue weighted by atomic mass is 32.1. The van der Waals surface area contributed by atoms with Gasteiger partial charge in [-0.2, -0.15) is 0 Å². The van der Waals surface area contributed by atoms with Crippen LogP contribution in [-0.4, -0.2) is 9.97 Å². The van der Waals surface area contributed by atoms with Crippen LogP contribution in [0.15, 0.2) is 29.1 Å². The van der Waals surface area contributed by atoms with Gasteiger partial charge in [0.1, 0.15) is 0 Å². The summed E-state index contributed by atoms with van der Waals surface area (Å²) in [6.07, 6.45) is 8.30. The maximum Gasteiger partial charge on any atom is 0.256 e. The molecule has 1 atom stereocenters. The average Bonchev–Trinajstić information content (AvgIpc) is 2.61. The lowest BCUT2D eigenvalue weighted by atomic mass is 9.58. The lowest BCUT2D eigenvalue weighted by molar-refractivity contribution is 0.188. The van der Waals surface area contributed by atoms with E-state index in [1.165, 1.54) is 37.7 Å². The first-order valence-corrected chi connectivity index (χ1v) is 9.52. The number of hydrogen-bond acceptors (Lipinski definition) is 2. The van der Waals surface area contributed by atoms with Gasteiger partial charge in [0.25, 0.3) is 5.56 Å². The summed E-state index contributed by atoms with van der Waals surface area (Å²) < 4.78 is 0.420. The molecule has 2 aliphatic rings. The van der Waals surface area contributed by atoms with Gasteiger partial charge in [-0.15, -0.1) is 0 Å². The smallest absolute Gasteiger partial charge is 0.256 e. The fourth-order valence-corrected chi connectivity index (χ4v) is 5.30. The number of aromatic nitrogens is 2. The minimum Gasteiger partial charge on any atom is -0.331 e. The van der Waals surface area contributed by atoms with Crippen LogP contribution in [0.5, 0.6) is 0 Å². The molecule has 126 valence electrons. The monoisotopic (exact) mass is 340 g/mol. The second kappa shape index (κ2) is 5.99. The quantitative estimate of drug-likeness (QED) is 0.765. The van der Waals surface area contributed by atoms with Gasteiger partial charge in [0.15, 0.2) is 4.77 Å². The first-order chi connectivity index (χ1) is 11.7. The van der Waals surface area contributed by atoms with Crippen LogP contribution in [0.1, 0.15) is 56.6 Å². The molecule has 1 heterocycles. The topological polar surface area (TPSA) is 48.6 Å². The molecule has 2 N–H and O–H groups in total. The Labute approximate surface area is 147 Å². The highest BCUT2D eigenvalue weighted by molar-refractivity contribution is 7.71. The van der Waals surface area contributed by atoms with Crippen LogP contribution in [-0.2, 0) is 11.8 Å². The molecular weight excluding hydrogens is 316 g/mol. The van der Waals surface area contributed by atoms with E-state index < -0.39 is 0 Å². The third-order valence-electron chi connectivity index (χ3n) is 6.25. The molecule has 4 rings (SSSR count). The minimum atomic E-state index is -0.0722. The Bertz CT molecular complexity index is 876. The van der Waals surface area contributed by atoms with E-state index in [0.29, 0.717) is 10.7 Å². The van der Waals surface area contributed by atoms with Crippen LogP contribution in [0, 0.1) is 10.7 Å². The molecule has 0 spiro atoms. The molecule has 0 saturated heterocycles. The fraction of sp³-hybridized carbons (Fsp3) is 0.500. The second-order valence-electron chi connectivity index (χ2n) is 7.34. The van der Waals surface area contributed by atoms with Gasteiger partial charge in [0, 0.05) is 16.5 Å². The van der Waals surface area contributed by atoms with E-state index >= 15 is 0 Å². The van der Waals surface area contributed by atoms with Crippen molar-refractivity contribution in [2.75, 3.05) is 0 Å². The lowest BCUT2D eigenvalue weighted by Crippen LogP contribution is -2.45. The number of aromatic amines is 2. The molecule has 0 amide bonds. The number of nitrogens with one attached hydrogen (secondary N) is 2. The molecule has 0 unspecified atom stereocenters. The van der Waals surface area contributed by atoms with E-state index in [1.807, 2.05) is 6.07 Å². The van der Waals surface area contributed by atoms with Gasteiger partial charge in [0.2, 0.25) is 0 Å². The van der Waals surface area contributed by atoms with E-state index in [1.54, 1.807) is 0 Å². The molecule has 1 saturated carbocycles. The SMILES string of the molecule is CC[C@]1(C2CCCCC2)Cc2ccccc2-c2[nH]c(=S)[nH]c(=O)c21. The van der Waals surface area contributed by atoms with Crippen molar-refractivity contribution in [2.45, 2.75) is 57.3 Å². The third-order valence-corrected chi connectivity index (χ3v) is 6.45. The summed E-state index contributed by atoms with van der Waals surface area (Å²) in [5.74, 6) is 0.578. The maximum atomic E-state index is 13.0. The van der Waals surface area contributed by atoms with E-state index in [0.717, 1.165) is 29.7 Å². The normalized spacial score (nSPS) is 23.5. The maximum absolute atomic E-state index is 13.0. The first-order valence-electron chi connectivity index (χ1n) is 9.11. The third kappa shape index (κ3) is 2.31. The molecule has 1 aromatic heterocycles. The standard InChI is InChI=1S/C20H24N2OS/c1-2-20(14-9-4-3-5-10-14)12-13-8-6-7-11-15(13)17-16(20)18(23)22-19(24)21-17/h6-8,11,14H,2-5,9-10,12H2,1H3,(H2,21,22,23,24)/t20-/m1/s1. The van der Waals surface area contributed by atoms with Crippen LogP contribution < -0.4 is 5.56 Å². The van der Waals surface area contributed by atoms with Crippen LogP contribution in [0.3, 0.4) is 0 Å². The van der Waals surface area contributed by atoms with Gasteiger partial charge in [-0.25, -0.2) is 0 Å². The molecule has 2 aromatic rings. The zero-order valence-corrected chi connectivity index (χ0v) is 15.0. The molecule has 24 heavy (non-hydrogen) atoms. The summed E-state index contributed by atoms with van der Waals surface area (Å²) in [6, 6.07) is 8.47. The van der Waals surface area contributed by atoms with Crippen LogP contribution in [0.4, 0.5) is 0 Å². The molecule has 0 radical (unpaired) electrons. The summed E-state index contributed by atoms with van der Waals surface area (Å²) >= 11 is 5.27. The molecular formula is C20H24N2OS. The summed E-state index contributed by atoms with van der Waals surface area (Å²) in [5.41, 5.74) is 4.33. The van der Waals surface area contributed by atoms with Gasteiger partial charge in [-0.05, 0) is 49.4 Å². The van der Waals surface area contributed by atoms with Gasteiger partial charge >= 0.3 is 0 Å². The molecule has 2 aliphatic carbocycles. The summed E-state index contributed by atoms with van der Waals surface area (Å²) in [5, 5.41) is 0. The Morgan fingerprint density at radius 2 is 1.92 bits per heavy atom. The number of fused-ring (bicyclic) bond motifs is 3. The Morgan fingerprint density at radius 3 is 2.67 bits per heavy atom. The average molecular weight is 340 g/mol. The zero-order valence-electron chi connectivity index (χ0n) is 14.2. The molecule has 3 nitrogen and oxygen atoms in total. The highest BCUT2D eigenvalue weighted by Crippen LogP contribution is 2.50. The fourth-order valence-electron chi connectivity index (χ4n) is 5.10. The Balaban J connectivity index is 2.01. The van der Waals surface area contributed by atoms with E-state index in [9.17, 15) is 4.79 Å². The number of H-pyrrole nitrogens is 2. The molecule has 1 fully saturated rings. The van der Waals surface area contributed by atoms with Crippen LogP contribution in [0.25, 0.3) is 11.3 Å². The van der Waals surface area contributed by atoms with Crippen LogP contribution >= 0.6 is 12.2 Å². The first kappa shape index (κ1) is 15.8. The minimum absolute atomic E-state index is 0.00989. The van der Waals surface area contributed by atoms with Gasteiger partial charge in [-0.3, -0.25) is 9.78 Å². The van der Waals surface area contributed by atoms with Crippen molar-refractivity contribution in [3.63, 3.8) is 0 Å². The van der Waals surface area contributed by atoms with Crippen molar-refractivity contribution in [2.24, 2.45) is 5.92 Å². The Morgan fingerprint density at radius 1 is 1.17 bits per heavy atom. The van der Waals surface area contributed by atoms with Crippen molar-refractivity contribution in [3.8, 4) is 11.3 Å². The molecule has 0 aliphatic heterocycles. The molecule has 1 aromatic carbocycles. The number of hydrogen-bond donors (Lipinski definition) is 2. The molecule has 0 bridgehead atoms. The number of rotatable bonds is 2. The lowest BCUT2D eigenvalue weighted by Gasteiger charge is -2.45. The van der Waals surface area contributed by atoms with Crippen molar-refractivity contribution in [3.05, 3.63) is 50.5 Å². The number of benzene rings is 1. The van der Waals surface area contributed by atoms with E-state index in [4.69, 9.17) is 12.2 Å². The van der Waals surface area contributed by atoms with Crippen molar-refractivity contribution >= 4 is 12.2 Å². The highest BCUT2D eigenvalue weighted by Gasteiger charge is 2.45. The van der Waals surface area contributed by atoms with Gasteiger partial charge in [0.05, 0.1) is 5.69 Å². The van der Waals surface area contributed by atoms with E-state index in [2.05, 4.69) is 35.1 Å². The summed E-state index contributed by atoms with van der Waals surface area (Å²) in [7, 11) is 0. The second-order valence-corrected chi connectivity index (χ2v) is 7.75. The Kier molecular flexibility index (Phi) is 3.95. The Hall–Kier alpha value is -1.68. The molecule has 4 heteroatoms. The van der Waals surface area contributed by atoms with Gasteiger partial charge in [-0.1, -0.05) is 50.5 Å².